The number of nitrogens with one attached hydrogen (secondary N) is 2. The topological polar surface area (TPSA) is 134 Å². The van der Waals surface area contributed by atoms with Crippen LogP contribution in [0, 0.1) is 0 Å². The Morgan fingerprint density at radius 3 is 2.54 bits per heavy atom. The summed E-state index contributed by atoms with van der Waals surface area (Å²) >= 11 is 0. The van der Waals surface area contributed by atoms with E-state index in [0.717, 1.165) is 17.5 Å². The number of fused-ring (bicyclic) bond motifs is 1. The zero-order chi connectivity index (χ0) is 20.2. The number of aliphatic hydroxyl groups is 1. The van der Waals surface area contributed by atoms with Crippen molar-refractivity contribution in [2.24, 2.45) is 0 Å². The first-order chi connectivity index (χ1) is 13.2. The van der Waals surface area contributed by atoms with E-state index in [1.807, 2.05) is 13.8 Å². The minimum absolute atomic E-state index is 0.0439. The van der Waals surface area contributed by atoms with E-state index in [1.165, 1.54) is 4.52 Å². The van der Waals surface area contributed by atoms with Gasteiger partial charge < -0.3 is 10.4 Å². The van der Waals surface area contributed by atoms with Gasteiger partial charge in [0.05, 0.1) is 11.3 Å². The summed E-state index contributed by atoms with van der Waals surface area (Å²) < 4.78 is 2.60. The van der Waals surface area contributed by atoms with Gasteiger partial charge in [0.2, 0.25) is 5.91 Å². The van der Waals surface area contributed by atoms with Crippen molar-refractivity contribution in [3.05, 3.63) is 21.9 Å². The van der Waals surface area contributed by atoms with Crippen molar-refractivity contribution >= 4 is 17.1 Å². The summed E-state index contributed by atoms with van der Waals surface area (Å²) in [6, 6.07) is -0.0994. The van der Waals surface area contributed by atoms with Crippen LogP contribution in [-0.4, -0.2) is 47.3 Å². The average molecular weight is 390 g/mol. The lowest BCUT2D eigenvalue weighted by Crippen LogP contribution is -2.54. The van der Waals surface area contributed by atoms with Gasteiger partial charge in [-0.1, -0.05) is 13.8 Å². The van der Waals surface area contributed by atoms with Crippen molar-refractivity contribution < 1.29 is 15.1 Å². The van der Waals surface area contributed by atoms with Crippen molar-refractivity contribution in [1.29, 1.82) is 0 Å². The number of rotatable bonds is 6. The van der Waals surface area contributed by atoms with Gasteiger partial charge in [-0.05, 0) is 32.6 Å². The molecule has 0 atom stereocenters. The molecule has 2 aromatic heterocycles. The number of hydrogen-bond acceptors (Lipinski definition) is 7. The highest BCUT2D eigenvalue weighted by Crippen LogP contribution is 2.43. The molecule has 0 bridgehead atoms. The second-order valence-corrected chi connectivity index (χ2v) is 8.55. The molecule has 10 heteroatoms. The van der Waals surface area contributed by atoms with Crippen LogP contribution >= 0.6 is 0 Å². The molecule has 0 aromatic carbocycles. The Morgan fingerprint density at radius 1 is 1.32 bits per heavy atom. The summed E-state index contributed by atoms with van der Waals surface area (Å²) in [5.41, 5.74) is 2.05. The maximum atomic E-state index is 13.0. The minimum atomic E-state index is -0.741. The summed E-state index contributed by atoms with van der Waals surface area (Å²) in [5, 5.41) is 31.2. The fraction of sp³-hybridized carbons (Fsp3) is 0.667. The Kier molecular flexibility index (Phi) is 4.42. The van der Waals surface area contributed by atoms with Crippen molar-refractivity contribution in [3.8, 4) is 0 Å². The maximum absolute atomic E-state index is 13.0. The molecule has 0 saturated heterocycles. The Morgan fingerprint density at radius 2 is 2.00 bits per heavy atom. The van der Waals surface area contributed by atoms with E-state index in [4.69, 9.17) is 0 Å². The normalized spacial score (nSPS) is 24.4. The Labute approximate surface area is 161 Å². The van der Waals surface area contributed by atoms with E-state index >= 15 is 0 Å². The van der Waals surface area contributed by atoms with E-state index in [1.54, 1.807) is 6.92 Å². The minimum Gasteiger partial charge on any atom is -0.390 e. The quantitative estimate of drug-likeness (QED) is 0.534. The predicted octanol–water partition coefficient (Wildman–Crippen LogP) is 0.722. The highest BCUT2D eigenvalue weighted by Gasteiger charge is 2.39. The molecule has 0 radical (unpaired) electrons. The third-order valence-corrected chi connectivity index (χ3v) is 5.41. The Hall–Kier alpha value is -2.46. The molecule has 2 aromatic rings. The SMILES string of the molecule is CC(C)c1nn(CC(=O)N[C@H]2C[C@@](C)(O)C2)c(=O)c2c(NO)c(C3CC3)nn12. The third-order valence-electron chi connectivity index (χ3n) is 5.41. The molecular weight excluding hydrogens is 364 g/mol. The number of nitrogens with zero attached hydrogens (tertiary/aromatic N) is 4. The lowest BCUT2D eigenvalue weighted by molar-refractivity contribution is -0.125. The van der Waals surface area contributed by atoms with Crippen molar-refractivity contribution in [3.63, 3.8) is 0 Å². The first-order valence-corrected chi connectivity index (χ1v) is 9.65. The number of hydrogen-bond donors (Lipinski definition) is 4. The molecule has 1 amide bonds. The van der Waals surface area contributed by atoms with Crippen LogP contribution in [-0.2, 0) is 11.3 Å². The number of aromatic nitrogens is 4. The van der Waals surface area contributed by atoms with E-state index in [9.17, 15) is 19.9 Å². The third kappa shape index (κ3) is 3.26. The van der Waals surface area contributed by atoms with Gasteiger partial charge in [0.1, 0.15) is 12.2 Å². The predicted molar refractivity (Wildman–Crippen MR) is 101 cm³/mol. The van der Waals surface area contributed by atoms with Crippen LogP contribution in [0.4, 0.5) is 5.69 Å². The molecule has 28 heavy (non-hydrogen) atoms. The molecule has 4 N–H and O–H groups in total. The highest BCUT2D eigenvalue weighted by molar-refractivity contribution is 5.77. The van der Waals surface area contributed by atoms with Gasteiger partial charge in [0.25, 0.3) is 5.56 Å². The highest BCUT2D eigenvalue weighted by atomic mass is 16.5. The fourth-order valence-electron chi connectivity index (χ4n) is 3.87. The molecule has 2 heterocycles. The monoisotopic (exact) mass is 390 g/mol. The molecule has 10 nitrogen and oxygen atoms in total. The van der Waals surface area contributed by atoms with Crippen LogP contribution in [0.5, 0.6) is 0 Å². The Balaban J connectivity index is 1.69. The lowest BCUT2D eigenvalue weighted by Gasteiger charge is -2.41. The van der Waals surface area contributed by atoms with Crippen LogP contribution < -0.4 is 16.4 Å². The first kappa shape index (κ1) is 18.9. The number of carbonyl (C=O) groups excluding carboxylic acids is 1. The largest absolute Gasteiger partial charge is 0.390 e. The van der Waals surface area contributed by atoms with Gasteiger partial charge >= 0.3 is 0 Å². The van der Waals surface area contributed by atoms with Gasteiger partial charge in [-0.2, -0.15) is 10.2 Å². The van der Waals surface area contributed by atoms with E-state index in [-0.39, 0.29) is 35.8 Å². The molecule has 0 spiro atoms. The van der Waals surface area contributed by atoms with E-state index in [0.29, 0.717) is 30.0 Å². The van der Waals surface area contributed by atoms with Gasteiger partial charge in [0.15, 0.2) is 11.3 Å². The van der Waals surface area contributed by atoms with Gasteiger partial charge in [-0.3, -0.25) is 20.3 Å². The summed E-state index contributed by atoms with van der Waals surface area (Å²) in [6.45, 7) is 5.35. The van der Waals surface area contributed by atoms with Gasteiger partial charge in [-0.15, -0.1) is 0 Å². The van der Waals surface area contributed by atoms with Crippen LogP contribution in [0.1, 0.15) is 69.8 Å². The van der Waals surface area contributed by atoms with Gasteiger partial charge in [0, 0.05) is 17.9 Å². The van der Waals surface area contributed by atoms with Crippen molar-refractivity contribution in [2.75, 3.05) is 5.48 Å². The van der Waals surface area contributed by atoms with Crippen LogP contribution in [0.25, 0.3) is 5.52 Å². The molecule has 0 aliphatic heterocycles. The van der Waals surface area contributed by atoms with Crippen molar-refractivity contribution in [2.45, 2.75) is 76.5 Å². The molecule has 2 aliphatic carbocycles. The van der Waals surface area contributed by atoms with Gasteiger partial charge in [-0.25, -0.2) is 9.20 Å². The van der Waals surface area contributed by atoms with Crippen molar-refractivity contribution in [1.82, 2.24) is 24.7 Å². The molecular formula is C18H26N6O4. The van der Waals surface area contributed by atoms with Crippen LogP contribution in [0.15, 0.2) is 4.79 Å². The average Bonchev–Trinajstić information content (AvgIpc) is 3.35. The fourth-order valence-corrected chi connectivity index (χ4v) is 3.87. The van der Waals surface area contributed by atoms with Crippen LogP contribution in [0.3, 0.4) is 0 Å². The maximum Gasteiger partial charge on any atom is 0.295 e. The smallest absolute Gasteiger partial charge is 0.295 e. The molecule has 0 unspecified atom stereocenters. The zero-order valence-corrected chi connectivity index (χ0v) is 16.3. The second kappa shape index (κ2) is 6.56. The summed E-state index contributed by atoms with van der Waals surface area (Å²) in [6.07, 6.45) is 2.90. The van der Waals surface area contributed by atoms with Crippen LogP contribution in [0.2, 0.25) is 0 Å². The second-order valence-electron chi connectivity index (χ2n) is 8.55. The lowest BCUT2D eigenvalue weighted by atomic mass is 9.77. The van der Waals surface area contributed by atoms with E-state index in [2.05, 4.69) is 21.0 Å². The first-order valence-electron chi connectivity index (χ1n) is 9.65. The zero-order valence-electron chi connectivity index (χ0n) is 16.3. The molecule has 2 aliphatic rings. The summed E-state index contributed by atoms with van der Waals surface area (Å²) in [7, 11) is 0. The number of amides is 1. The molecule has 2 saturated carbocycles. The molecule has 152 valence electrons. The standard InChI is InChI=1S/C18H26N6O4/c1-9(2)16-21-23(8-12(25)19-11-6-18(3,27)7-11)17(26)15-14(22-28)13(10-4-5-10)20-24(15)16/h9-11,22,27-28H,4-8H2,1-3H3,(H,19,25)/t11-,18+. The number of anilines is 1. The summed E-state index contributed by atoms with van der Waals surface area (Å²) in [4.78, 5) is 25.4. The Bertz CT molecular complexity index is 980. The molecule has 4 rings (SSSR count). The number of carbonyl (C=O) groups is 1. The molecule has 2 fully saturated rings. The van der Waals surface area contributed by atoms with E-state index < -0.39 is 11.2 Å². The summed E-state index contributed by atoms with van der Waals surface area (Å²) in [5.74, 6) is 0.377.